The monoisotopic (exact) mass is 242 g/mol. The smallest absolute Gasteiger partial charge is 0.142 e. The first-order valence-corrected chi connectivity index (χ1v) is 6.42. The molecule has 0 radical (unpaired) electrons. The van der Waals surface area contributed by atoms with E-state index in [0.29, 0.717) is 12.2 Å². The second-order valence-electron chi connectivity index (χ2n) is 5.98. The number of nitrogens with zero attached hydrogens (tertiary/aromatic N) is 2. The maximum Gasteiger partial charge on any atom is 0.142 e. The van der Waals surface area contributed by atoms with E-state index < -0.39 is 0 Å². The van der Waals surface area contributed by atoms with E-state index in [2.05, 4.69) is 18.9 Å². The Morgan fingerprint density at radius 2 is 2.11 bits per heavy atom. The normalized spacial score (nSPS) is 21.2. The molecule has 94 valence electrons. The number of fused-ring (bicyclic) bond motifs is 1. The molecule has 18 heavy (non-hydrogen) atoms. The van der Waals surface area contributed by atoms with Crippen molar-refractivity contribution in [3.63, 3.8) is 0 Å². The highest BCUT2D eigenvalue weighted by Crippen LogP contribution is 2.52. The maximum absolute atomic E-state index is 12.2. The van der Waals surface area contributed by atoms with Crippen molar-refractivity contribution < 1.29 is 4.79 Å². The molecule has 1 unspecified atom stereocenters. The predicted molar refractivity (Wildman–Crippen MR) is 71.3 cm³/mol. The average molecular weight is 242 g/mol. The van der Waals surface area contributed by atoms with Gasteiger partial charge in [0.25, 0.3) is 0 Å². The highest BCUT2D eigenvalue weighted by molar-refractivity contribution is 5.91. The van der Waals surface area contributed by atoms with Crippen LogP contribution in [-0.4, -0.2) is 15.6 Å². The van der Waals surface area contributed by atoms with Crippen molar-refractivity contribution in [2.24, 2.45) is 18.4 Å². The largest absolute Gasteiger partial charge is 0.299 e. The molecule has 3 heteroatoms. The lowest BCUT2D eigenvalue weighted by atomic mass is 10.0. The second-order valence-corrected chi connectivity index (χ2v) is 5.98. The van der Waals surface area contributed by atoms with Gasteiger partial charge in [-0.05, 0) is 17.9 Å². The zero-order valence-corrected chi connectivity index (χ0v) is 11.1. The summed E-state index contributed by atoms with van der Waals surface area (Å²) in [5, 5.41) is 5.59. The Hall–Kier alpha value is -1.64. The third kappa shape index (κ3) is 1.74. The maximum atomic E-state index is 12.2. The van der Waals surface area contributed by atoms with E-state index >= 15 is 0 Å². The molecule has 0 saturated heterocycles. The number of aromatic nitrogens is 2. The Balaban J connectivity index is 1.89. The molecule has 0 spiro atoms. The summed E-state index contributed by atoms with van der Waals surface area (Å²) in [7, 11) is 1.93. The molecule has 1 atom stereocenters. The number of ketones is 1. The van der Waals surface area contributed by atoms with Crippen LogP contribution in [0.15, 0.2) is 24.3 Å². The number of hydrogen-bond acceptors (Lipinski definition) is 2. The first-order chi connectivity index (χ1) is 8.49. The van der Waals surface area contributed by atoms with Crippen molar-refractivity contribution in [3.8, 4) is 0 Å². The summed E-state index contributed by atoms with van der Waals surface area (Å²) in [6, 6.07) is 8.08. The number of benzene rings is 1. The van der Waals surface area contributed by atoms with Crippen molar-refractivity contribution in [2.75, 3.05) is 0 Å². The molecule has 1 aliphatic rings. The zero-order chi connectivity index (χ0) is 12.9. The van der Waals surface area contributed by atoms with Crippen LogP contribution in [0.3, 0.4) is 0 Å². The lowest BCUT2D eigenvalue weighted by Gasteiger charge is -2.01. The minimum Gasteiger partial charge on any atom is -0.299 e. The van der Waals surface area contributed by atoms with Gasteiger partial charge in [-0.2, -0.15) is 5.10 Å². The standard InChI is InChI=1S/C15H18N2O/c1-15(2)9-11(15)14(18)8-12-10-6-4-5-7-13(10)17(3)16-12/h4-7,11H,8-9H2,1-3H3. The molecule has 1 aromatic heterocycles. The van der Waals surface area contributed by atoms with Crippen LogP contribution in [0.1, 0.15) is 26.0 Å². The topological polar surface area (TPSA) is 34.9 Å². The highest BCUT2D eigenvalue weighted by atomic mass is 16.1. The lowest BCUT2D eigenvalue weighted by molar-refractivity contribution is -0.120. The first kappa shape index (κ1) is 11.5. The van der Waals surface area contributed by atoms with E-state index in [1.807, 2.05) is 36.0 Å². The van der Waals surface area contributed by atoms with Crippen LogP contribution in [0.2, 0.25) is 0 Å². The third-order valence-electron chi connectivity index (χ3n) is 4.08. The van der Waals surface area contributed by atoms with Gasteiger partial charge in [0.05, 0.1) is 17.6 Å². The second kappa shape index (κ2) is 3.67. The summed E-state index contributed by atoms with van der Waals surface area (Å²) in [6.45, 7) is 4.32. The molecule has 1 heterocycles. The summed E-state index contributed by atoms with van der Waals surface area (Å²) >= 11 is 0. The lowest BCUT2D eigenvalue weighted by Crippen LogP contribution is -2.10. The Bertz CT molecular complexity index is 624. The number of carbonyl (C=O) groups is 1. The van der Waals surface area contributed by atoms with Gasteiger partial charge < -0.3 is 0 Å². The molecule has 0 aliphatic heterocycles. The van der Waals surface area contributed by atoms with E-state index in [-0.39, 0.29) is 11.3 Å². The van der Waals surface area contributed by atoms with E-state index in [9.17, 15) is 4.79 Å². The van der Waals surface area contributed by atoms with Crippen LogP contribution in [-0.2, 0) is 18.3 Å². The van der Waals surface area contributed by atoms with Gasteiger partial charge in [0.2, 0.25) is 0 Å². The molecule has 2 aromatic rings. The van der Waals surface area contributed by atoms with Crippen LogP contribution in [0, 0.1) is 11.3 Å². The van der Waals surface area contributed by atoms with Crippen molar-refractivity contribution in [3.05, 3.63) is 30.0 Å². The van der Waals surface area contributed by atoms with Crippen LogP contribution in [0.5, 0.6) is 0 Å². The van der Waals surface area contributed by atoms with Gasteiger partial charge in [-0.15, -0.1) is 0 Å². The third-order valence-corrected chi connectivity index (χ3v) is 4.08. The number of aryl methyl sites for hydroxylation is 1. The van der Waals surface area contributed by atoms with Gasteiger partial charge in [-0.3, -0.25) is 9.48 Å². The Labute approximate surface area is 107 Å². The molecule has 0 amide bonds. The van der Waals surface area contributed by atoms with Crippen molar-refractivity contribution >= 4 is 16.7 Å². The first-order valence-electron chi connectivity index (χ1n) is 6.42. The minimum absolute atomic E-state index is 0.210. The van der Waals surface area contributed by atoms with Gasteiger partial charge in [0.1, 0.15) is 5.78 Å². The van der Waals surface area contributed by atoms with Crippen molar-refractivity contribution in [2.45, 2.75) is 26.7 Å². The summed E-state index contributed by atoms with van der Waals surface area (Å²) in [5.74, 6) is 0.571. The molecule has 1 fully saturated rings. The fourth-order valence-electron chi connectivity index (χ4n) is 2.72. The van der Waals surface area contributed by atoms with Gasteiger partial charge in [-0.1, -0.05) is 32.0 Å². The average Bonchev–Trinajstić information content (AvgIpc) is 2.86. The molecule has 3 rings (SSSR count). The van der Waals surface area contributed by atoms with Crippen LogP contribution < -0.4 is 0 Å². The Morgan fingerprint density at radius 3 is 2.78 bits per heavy atom. The van der Waals surface area contributed by atoms with Crippen LogP contribution in [0.25, 0.3) is 10.9 Å². The quantitative estimate of drug-likeness (QED) is 0.829. The van der Waals surface area contributed by atoms with E-state index in [1.165, 1.54) is 0 Å². The van der Waals surface area contributed by atoms with Gasteiger partial charge in [0.15, 0.2) is 0 Å². The fraction of sp³-hybridized carbons (Fsp3) is 0.467. The van der Waals surface area contributed by atoms with E-state index in [0.717, 1.165) is 23.0 Å². The minimum atomic E-state index is 0.210. The molecular weight excluding hydrogens is 224 g/mol. The number of carbonyl (C=O) groups excluding carboxylic acids is 1. The summed E-state index contributed by atoms with van der Waals surface area (Å²) in [4.78, 5) is 12.2. The molecule has 0 N–H and O–H groups in total. The van der Waals surface area contributed by atoms with E-state index in [4.69, 9.17) is 0 Å². The molecule has 1 saturated carbocycles. The Morgan fingerprint density at radius 1 is 1.44 bits per heavy atom. The summed E-state index contributed by atoms with van der Waals surface area (Å²) in [5.41, 5.74) is 2.22. The highest BCUT2D eigenvalue weighted by Gasteiger charge is 2.50. The Kier molecular flexibility index (Phi) is 2.34. The van der Waals surface area contributed by atoms with Gasteiger partial charge in [-0.25, -0.2) is 0 Å². The van der Waals surface area contributed by atoms with Crippen LogP contribution in [0.4, 0.5) is 0 Å². The SMILES string of the molecule is Cn1nc(CC(=O)C2CC2(C)C)c2ccccc21. The van der Waals surface area contributed by atoms with E-state index in [1.54, 1.807) is 0 Å². The molecular formula is C15H18N2O. The molecule has 1 aromatic carbocycles. The molecule has 1 aliphatic carbocycles. The van der Waals surface area contributed by atoms with Crippen molar-refractivity contribution in [1.29, 1.82) is 0 Å². The molecule has 0 bridgehead atoms. The number of hydrogen-bond donors (Lipinski definition) is 0. The summed E-state index contributed by atoms with van der Waals surface area (Å²) < 4.78 is 1.86. The van der Waals surface area contributed by atoms with Gasteiger partial charge in [0, 0.05) is 18.4 Å². The van der Waals surface area contributed by atoms with Gasteiger partial charge >= 0.3 is 0 Å². The molecule has 3 nitrogen and oxygen atoms in total. The summed E-state index contributed by atoms with van der Waals surface area (Å²) in [6.07, 6.45) is 1.49. The number of rotatable bonds is 3. The fourth-order valence-corrected chi connectivity index (χ4v) is 2.72. The predicted octanol–water partition coefficient (Wildman–Crippen LogP) is 2.73. The zero-order valence-electron chi connectivity index (χ0n) is 11.1. The van der Waals surface area contributed by atoms with Crippen LogP contribution >= 0.6 is 0 Å². The number of Topliss-reactive ketones (excluding diaryl/α,β-unsaturated/α-hetero) is 1. The number of para-hydroxylation sites is 1. The van der Waals surface area contributed by atoms with Crippen molar-refractivity contribution in [1.82, 2.24) is 9.78 Å².